The summed E-state index contributed by atoms with van der Waals surface area (Å²) < 4.78 is 0.404. The minimum Gasteiger partial charge on any atom is -0.382 e. The molecule has 1 rings (SSSR count). The summed E-state index contributed by atoms with van der Waals surface area (Å²) in [5.41, 5.74) is 7.64. The van der Waals surface area contributed by atoms with Crippen molar-refractivity contribution in [2.24, 2.45) is 10.8 Å². The van der Waals surface area contributed by atoms with Gasteiger partial charge >= 0.3 is 0 Å². The lowest BCUT2D eigenvalue weighted by Gasteiger charge is -2.03. The van der Waals surface area contributed by atoms with Gasteiger partial charge in [-0.15, -0.1) is 0 Å². The van der Waals surface area contributed by atoms with Crippen LogP contribution in [0.3, 0.4) is 0 Å². The number of non-ortho nitro benzene ring substituents is 1. The van der Waals surface area contributed by atoms with Gasteiger partial charge in [0, 0.05) is 16.6 Å². The molecule has 0 aliphatic heterocycles. The molecule has 0 bridgehead atoms. The maximum atomic E-state index is 10.5. The highest BCUT2D eigenvalue weighted by Gasteiger charge is 2.09. The number of hydrogen-bond donors (Lipinski definition) is 3. The Hall–Kier alpha value is -2.47. The third-order valence-corrected chi connectivity index (χ3v) is 2.47. The molecule has 0 saturated heterocycles. The van der Waals surface area contributed by atoms with Crippen molar-refractivity contribution in [2.75, 3.05) is 5.43 Å². The molecule has 0 fully saturated rings. The largest absolute Gasteiger partial charge is 0.382 e. The van der Waals surface area contributed by atoms with Gasteiger partial charge < -0.3 is 5.73 Å². The molecule has 0 saturated carbocycles. The fourth-order valence-corrected chi connectivity index (χ4v) is 1.43. The molecule has 0 heterocycles. The first-order valence-electron chi connectivity index (χ1n) is 4.48. The highest BCUT2D eigenvalue weighted by atomic mass is 79.9. The van der Waals surface area contributed by atoms with E-state index in [4.69, 9.17) is 16.4 Å². The summed E-state index contributed by atoms with van der Waals surface area (Å²) in [5, 5.41) is 29.8. The highest BCUT2D eigenvalue weighted by Crippen LogP contribution is 2.26. The fraction of sp³-hybridized carbons (Fsp3) is 0. The van der Waals surface area contributed by atoms with Crippen LogP contribution < -0.4 is 11.2 Å². The molecule has 0 amide bonds. The van der Waals surface area contributed by atoms with E-state index >= 15 is 0 Å². The first-order chi connectivity index (χ1) is 8.45. The van der Waals surface area contributed by atoms with E-state index in [9.17, 15) is 10.1 Å². The molecular weight excluding hydrogens is 304 g/mol. The molecular formula is C9H7BrN6O2. The summed E-state index contributed by atoms with van der Waals surface area (Å²) in [4.78, 5) is 9.98. The van der Waals surface area contributed by atoms with Gasteiger partial charge in [0.1, 0.15) is 6.07 Å². The molecule has 4 N–H and O–H groups in total. The summed E-state index contributed by atoms with van der Waals surface area (Å²) in [6, 6.07) is 5.62. The number of anilines is 1. The van der Waals surface area contributed by atoms with Crippen LogP contribution in [0.5, 0.6) is 0 Å². The van der Waals surface area contributed by atoms with Gasteiger partial charge in [-0.2, -0.15) is 10.4 Å². The Morgan fingerprint density at radius 3 is 2.78 bits per heavy atom. The molecule has 1 aromatic carbocycles. The Bertz CT molecular complexity index is 577. The molecule has 92 valence electrons. The minimum absolute atomic E-state index is 0.0801. The van der Waals surface area contributed by atoms with E-state index in [0.29, 0.717) is 10.2 Å². The molecule has 0 aromatic heterocycles. The van der Waals surface area contributed by atoms with Gasteiger partial charge in [-0.25, -0.2) is 0 Å². The van der Waals surface area contributed by atoms with Crippen LogP contribution in [0.1, 0.15) is 0 Å². The van der Waals surface area contributed by atoms with Crippen LogP contribution in [0.15, 0.2) is 27.8 Å². The van der Waals surface area contributed by atoms with Crippen molar-refractivity contribution in [3.05, 3.63) is 32.8 Å². The van der Waals surface area contributed by atoms with Gasteiger partial charge in [-0.1, -0.05) is 0 Å². The number of nitro benzene ring substituents is 1. The van der Waals surface area contributed by atoms with Crippen molar-refractivity contribution in [3.63, 3.8) is 0 Å². The summed E-state index contributed by atoms with van der Waals surface area (Å²) in [7, 11) is 0. The minimum atomic E-state index is -0.534. The molecule has 8 nitrogen and oxygen atoms in total. The molecule has 1 aromatic rings. The maximum absolute atomic E-state index is 10.5. The van der Waals surface area contributed by atoms with Gasteiger partial charge in [-0.05, 0) is 22.0 Å². The van der Waals surface area contributed by atoms with Gasteiger partial charge in [0.2, 0.25) is 5.71 Å². The van der Waals surface area contributed by atoms with E-state index in [1.165, 1.54) is 18.2 Å². The zero-order chi connectivity index (χ0) is 13.7. The van der Waals surface area contributed by atoms with Crippen molar-refractivity contribution in [2.45, 2.75) is 0 Å². The summed E-state index contributed by atoms with van der Waals surface area (Å²) in [6.45, 7) is 0. The van der Waals surface area contributed by atoms with Crippen molar-refractivity contribution < 1.29 is 4.92 Å². The number of benzene rings is 1. The number of halogens is 1. The molecule has 18 heavy (non-hydrogen) atoms. The van der Waals surface area contributed by atoms with E-state index in [0.717, 1.165) is 0 Å². The SMILES string of the molecule is N#C/C(=N\Nc1ccc([N+](=O)[O-])cc1Br)C(=N)N. The smallest absolute Gasteiger partial charge is 0.270 e. The third-order valence-electron chi connectivity index (χ3n) is 1.81. The van der Waals surface area contributed by atoms with Crippen molar-refractivity contribution >= 4 is 38.9 Å². The topological polar surface area (TPSA) is 141 Å². The Balaban J connectivity index is 2.97. The number of amidine groups is 1. The summed E-state index contributed by atoms with van der Waals surface area (Å²) in [6.07, 6.45) is 0. The number of hydrogen-bond acceptors (Lipinski definition) is 6. The van der Waals surface area contributed by atoms with Crippen LogP contribution in [-0.4, -0.2) is 16.5 Å². The Kier molecular flexibility index (Phi) is 4.33. The lowest BCUT2D eigenvalue weighted by atomic mass is 10.3. The van der Waals surface area contributed by atoms with Gasteiger partial charge in [0.05, 0.1) is 10.6 Å². The highest BCUT2D eigenvalue weighted by molar-refractivity contribution is 9.10. The van der Waals surface area contributed by atoms with Crippen LogP contribution in [0, 0.1) is 26.9 Å². The lowest BCUT2D eigenvalue weighted by molar-refractivity contribution is -0.384. The van der Waals surface area contributed by atoms with E-state index in [2.05, 4.69) is 26.5 Å². The second kappa shape index (κ2) is 5.74. The average molecular weight is 311 g/mol. The number of nitriles is 1. The molecule has 0 spiro atoms. The molecule has 0 unspecified atom stereocenters. The average Bonchev–Trinajstić information content (AvgIpc) is 2.30. The second-order valence-corrected chi connectivity index (χ2v) is 3.87. The normalized spacial score (nSPS) is 10.6. The molecule has 0 atom stereocenters. The number of nitrogens with two attached hydrogens (primary N) is 1. The van der Waals surface area contributed by atoms with E-state index in [1.807, 2.05) is 0 Å². The lowest BCUT2D eigenvalue weighted by Crippen LogP contribution is -2.21. The summed E-state index contributed by atoms with van der Waals surface area (Å²) >= 11 is 3.12. The second-order valence-electron chi connectivity index (χ2n) is 3.02. The number of nitrogens with zero attached hydrogens (tertiary/aromatic N) is 3. The predicted octanol–water partition coefficient (Wildman–Crippen LogP) is 1.58. The quantitative estimate of drug-likeness (QED) is 0.335. The number of rotatable bonds is 4. The van der Waals surface area contributed by atoms with Gasteiger partial charge in [0.25, 0.3) is 5.69 Å². The van der Waals surface area contributed by atoms with Crippen molar-refractivity contribution in [1.29, 1.82) is 10.7 Å². The van der Waals surface area contributed by atoms with Crippen LogP contribution in [0.25, 0.3) is 0 Å². The van der Waals surface area contributed by atoms with Crippen LogP contribution >= 0.6 is 15.9 Å². The first kappa shape index (κ1) is 13.6. The number of nitrogens with one attached hydrogen (secondary N) is 2. The molecule has 0 aliphatic carbocycles. The fourth-order valence-electron chi connectivity index (χ4n) is 0.970. The molecule has 9 heteroatoms. The van der Waals surface area contributed by atoms with E-state index in [1.54, 1.807) is 6.07 Å². The summed E-state index contributed by atoms with van der Waals surface area (Å²) in [5.74, 6) is -0.469. The zero-order valence-electron chi connectivity index (χ0n) is 8.85. The number of nitro groups is 1. The molecule has 0 radical (unpaired) electrons. The van der Waals surface area contributed by atoms with Crippen LogP contribution in [-0.2, 0) is 0 Å². The van der Waals surface area contributed by atoms with Crippen LogP contribution in [0.2, 0.25) is 0 Å². The Morgan fingerprint density at radius 2 is 2.33 bits per heavy atom. The maximum Gasteiger partial charge on any atom is 0.270 e. The van der Waals surface area contributed by atoms with Crippen molar-refractivity contribution in [3.8, 4) is 6.07 Å². The van der Waals surface area contributed by atoms with E-state index in [-0.39, 0.29) is 11.4 Å². The Labute approximate surface area is 110 Å². The van der Waals surface area contributed by atoms with E-state index < -0.39 is 10.8 Å². The monoisotopic (exact) mass is 310 g/mol. The third kappa shape index (κ3) is 3.26. The van der Waals surface area contributed by atoms with Gasteiger partial charge in [-0.3, -0.25) is 20.9 Å². The standard InChI is InChI=1S/C9H7BrN6O2/c10-6-3-5(16(17)18)1-2-7(6)14-15-8(4-11)9(12)13/h1-3,14H,(H3,12,13)/b15-8+. The Morgan fingerprint density at radius 1 is 1.67 bits per heavy atom. The molecule has 0 aliphatic rings. The number of hydrazone groups is 1. The zero-order valence-corrected chi connectivity index (χ0v) is 10.4. The predicted molar refractivity (Wildman–Crippen MR) is 69.4 cm³/mol. The van der Waals surface area contributed by atoms with Gasteiger partial charge in [0.15, 0.2) is 5.84 Å². The van der Waals surface area contributed by atoms with Crippen LogP contribution in [0.4, 0.5) is 11.4 Å². The van der Waals surface area contributed by atoms with Crippen molar-refractivity contribution in [1.82, 2.24) is 0 Å². The first-order valence-corrected chi connectivity index (χ1v) is 5.27.